The van der Waals surface area contributed by atoms with Crippen LogP contribution < -0.4 is 5.56 Å². The largest absolute Gasteiger partial charge is 0.493 e. The minimum atomic E-state index is -0.374. The number of methoxy groups -OCH3 is 1. The molecular weight excluding hydrogens is 256 g/mol. The first-order valence-corrected chi connectivity index (χ1v) is 6.46. The molecule has 5 nitrogen and oxygen atoms in total. The van der Waals surface area contributed by atoms with Crippen LogP contribution in [0.4, 0.5) is 0 Å². The third-order valence-corrected chi connectivity index (χ3v) is 3.11. The van der Waals surface area contributed by atoms with Gasteiger partial charge < -0.3 is 14.8 Å². The lowest BCUT2D eigenvalue weighted by Gasteiger charge is -2.18. The van der Waals surface area contributed by atoms with Gasteiger partial charge in [-0.05, 0) is 11.5 Å². The summed E-state index contributed by atoms with van der Waals surface area (Å²) in [4.78, 5) is 19.0. The van der Waals surface area contributed by atoms with E-state index in [9.17, 15) is 9.90 Å². The van der Waals surface area contributed by atoms with Crippen molar-refractivity contribution in [2.45, 2.75) is 20.0 Å². The Morgan fingerprint density at radius 1 is 1.25 bits per heavy atom. The fourth-order valence-electron chi connectivity index (χ4n) is 2.18. The van der Waals surface area contributed by atoms with Crippen molar-refractivity contribution >= 4 is 0 Å². The number of aromatic amines is 1. The van der Waals surface area contributed by atoms with E-state index >= 15 is 0 Å². The molecule has 106 valence electrons. The zero-order chi connectivity index (χ0) is 14.7. The molecule has 2 aromatic rings. The Bertz CT molecular complexity index is 635. The Labute approximate surface area is 117 Å². The summed E-state index contributed by atoms with van der Waals surface area (Å²) in [5, 5.41) is 10.1. The number of aromatic nitrogens is 2. The van der Waals surface area contributed by atoms with Gasteiger partial charge in [0.15, 0.2) is 0 Å². The molecule has 1 heterocycles. The van der Waals surface area contributed by atoms with E-state index in [2.05, 4.69) is 9.97 Å². The molecule has 0 aliphatic carbocycles. The van der Waals surface area contributed by atoms with E-state index in [4.69, 9.17) is 4.74 Å². The van der Waals surface area contributed by atoms with Gasteiger partial charge in [0, 0.05) is 7.11 Å². The summed E-state index contributed by atoms with van der Waals surface area (Å²) in [6, 6.07) is 8.95. The average Bonchev–Trinajstić information content (AvgIpc) is 2.39. The topological polar surface area (TPSA) is 75.2 Å². The van der Waals surface area contributed by atoms with Crippen LogP contribution in [0, 0.1) is 5.92 Å². The number of hydrogen-bond donors (Lipinski definition) is 2. The van der Waals surface area contributed by atoms with Gasteiger partial charge in [-0.1, -0.05) is 44.2 Å². The van der Waals surface area contributed by atoms with Gasteiger partial charge in [-0.15, -0.1) is 0 Å². The summed E-state index contributed by atoms with van der Waals surface area (Å²) in [7, 11) is 1.55. The van der Waals surface area contributed by atoms with Crippen LogP contribution in [0.15, 0.2) is 35.1 Å². The van der Waals surface area contributed by atoms with E-state index < -0.39 is 0 Å². The fourth-order valence-corrected chi connectivity index (χ4v) is 2.18. The Balaban J connectivity index is 2.53. The molecule has 2 N–H and O–H groups in total. The van der Waals surface area contributed by atoms with Crippen LogP contribution in [0.1, 0.15) is 25.8 Å². The number of rotatable bonds is 4. The molecule has 0 saturated heterocycles. The van der Waals surface area contributed by atoms with Crippen molar-refractivity contribution < 1.29 is 9.84 Å². The Morgan fingerprint density at radius 3 is 2.40 bits per heavy atom. The van der Waals surface area contributed by atoms with Crippen molar-refractivity contribution in [3.63, 3.8) is 0 Å². The highest BCUT2D eigenvalue weighted by molar-refractivity contribution is 5.66. The molecule has 0 aliphatic rings. The lowest BCUT2D eigenvalue weighted by Crippen LogP contribution is -2.20. The smallest absolute Gasteiger partial charge is 0.262 e. The summed E-state index contributed by atoms with van der Waals surface area (Å²) in [5.74, 6) is 0.187. The molecule has 0 bridgehead atoms. The standard InChI is InChI=1S/C15H18N2O3/c1-9(2)12(20-3)13-16-14(18)11(15(19)17-13)10-7-5-4-6-8-10/h4-9,12H,1-3H3,(H2,16,17,18,19). The molecule has 0 spiro atoms. The van der Waals surface area contributed by atoms with Crippen molar-refractivity contribution in [1.29, 1.82) is 0 Å². The first-order chi connectivity index (χ1) is 9.54. The van der Waals surface area contributed by atoms with Crippen LogP contribution >= 0.6 is 0 Å². The normalized spacial score (nSPS) is 12.6. The van der Waals surface area contributed by atoms with Gasteiger partial charge in [0.25, 0.3) is 5.56 Å². The van der Waals surface area contributed by atoms with Crippen molar-refractivity contribution in [2.75, 3.05) is 7.11 Å². The fraction of sp³-hybridized carbons (Fsp3) is 0.333. The first kappa shape index (κ1) is 14.3. The SMILES string of the molecule is COC(c1nc(O)c(-c2ccccc2)c(=O)[nH]1)C(C)C. The van der Waals surface area contributed by atoms with Crippen molar-refractivity contribution in [3.05, 3.63) is 46.5 Å². The predicted molar refractivity (Wildman–Crippen MR) is 76.5 cm³/mol. The number of nitrogens with zero attached hydrogens (tertiary/aromatic N) is 1. The minimum Gasteiger partial charge on any atom is -0.493 e. The monoisotopic (exact) mass is 274 g/mol. The molecule has 1 atom stereocenters. The molecule has 0 amide bonds. The quantitative estimate of drug-likeness (QED) is 0.898. The lowest BCUT2D eigenvalue weighted by atomic mass is 10.1. The molecule has 0 saturated carbocycles. The first-order valence-electron chi connectivity index (χ1n) is 6.46. The van der Waals surface area contributed by atoms with Crippen molar-refractivity contribution in [3.8, 4) is 17.0 Å². The van der Waals surface area contributed by atoms with Crippen LogP contribution in [0.5, 0.6) is 5.88 Å². The van der Waals surface area contributed by atoms with Crippen LogP contribution in [0.3, 0.4) is 0 Å². The third-order valence-electron chi connectivity index (χ3n) is 3.11. The summed E-state index contributed by atoms with van der Waals surface area (Å²) in [6.07, 6.45) is -0.363. The summed E-state index contributed by atoms with van der Waals surface area (Å²) in [6.45, 7) is 3.91. The van der Waals surface area contributed by atoms with Gasteiger partial charge in [0.05, 0.1) is 0 Å². The molecule has 2 rings (SSSR count). The second-order valence-electron chi connectivity index (χ2n) is 4.92. The number of nitrogens with one attached hydrogen (secondary N) is 1. The molecular formula is C15H18N2O3. The second kappa shape index (κ2) is 5.88. The number of hydrogen-bond acceptors (Lipinski definition) is 4. The molecule has 1 aromatic carbocycles. The number of aromatic hydroxyl groups is 1. The zero-order valence-corrected chi connectivity index (χ0v) is 11.8. The van der Waals surface area contributed by atoms with Gasteiger partial charge >= 0.3 is 0 Å². The predicted octanol–water partition coefficient (Wildman–Crippen LogP) is 2.49. The third kappa shape index (κ3) is 2.72. The molecule has 20 heavy (non-hydrogen) atoms. The van der Waals surface area contributed by atoms with Gasteiger partial charge in [0.2, 0.25) is 5.88 Å². The summed E-state index contributed by atoms with van der Waals surface area (Å²) < 4.78 is 5.31. The molecule has 0 radical (unpaired) electrons. The van der Waals surface area contributed by atoms with Crippen LogP contribution in [0.25, 0.3) is 11.1 Å². The average molecular weight is 274 g/mol. The maximum Gasteiger partial charge on any atom is 0.262 e. The molecule has 0 aliphatic heterocycles. The second-order valence-corrected chi connectivity index (χ2v) is 4.92. The minimum absolute atomic E-state index is 0.130. The van der Waals surface area contributed by atoms with E-state index in [0.717, 1.165) is 0 Å². The Morgan fingerprint density at radius 2 is 1.90 bits per heavy atom. The van der Waals surface area contributed by atoms with E-state index in [1.165, 1.54) is 0 Å². The van der Waals surface area contributed by atoms with Gasteiger partial charge in [-0.3, -0.25) is 4.79 Å². The maximum absolute atomic E-state index is 12.2. The lowest BCUT2D eigenvalue weighted by molar-refractivity contribution is 0.0568. The van der Waals surface area contributed by atoms with Gasteiger partial charge in [-0.25, -0.2) is 0 Å². The van der Waals surface area contributed by atoms with E-state index in [-0.39, 0.29) is 29.0 Å². The van der Waals surface area contributed by atoms with Crippen molar-refractivity contribution in [1.82, 2.24) is 9.97 Å². The molecule has 1 aromatic heterocycles. The molecule has 0 fully saturated rings. The van der Waals surface area contributed by atoms with E-state index in [1.54, 1.807) is 31.4 Å². The number of ether oxygens (including phenoxy) is 1. The highest BCUT2D eigenvalue weighted by atomic mass is 16.5. The molecule has 5 heteroatoms. The van der Waals surface area contributed by atoms with Crippen LogP contribution in [0.2, 0.25) is 0 Å². The van der Waals surface area contributed by atoms with Crippen molar-refractivity contribution in [2.24, 2.45) is 5.92 Å². The number of H-pyrrole nitrogens is 1. The Kier molecular flexibility index (Phi) is 4.20. The van der Waals surface area contributed by atoms with E-state index in [1.807, 2.05) is 19.9 Å². The van der Waals surface area contributed by atoms with Gasteiger partial charge in [0.1, 0.15) is 17.5 Å². The number of benzene rings is 1. The van der Waals surface area contributed by atoms with Crippen LogP contribution in [-0.2, 0) is 4.74 Å². The van der Waals surface area contributed by atoms with Gasteiger partial charge in [-0.2, -0.15) is 4.98 Å². The highest BCUT2D eigenvalue weighted by Gasteiger charge is 2.21. The summed E-state index contributed by atoms with van der Waals surface area (Å²) in [5.41, 5.74) is 0.429. The maximum atomic E-state index is 12.2. The van der Waals surface area contributed by atoms with E-state index in [0.29, 0.717) is 11.4 Å². The summed E-state index contributed by atoms with van der Waals surface area (Å²) >= 11 is 0. The Hall–Kier alpha value is -2.14. The van der Waals surface area contributed by atoms with Crippen LogP contribution in [-0.4, -0.2) is 22.2 Å². The zero-order valence-electron chi connectivity index (χ0n) is 11.8. The molecule has 1 unspecified atom stereocenters. The highest BCUT2D eigenvalue weighted by Crippen LogP contribution is 2.27.